The molecule has 5 nitrogen and oxygen atoms in total. The van der Waals surface area contributed by atoms with E-state index in [2.05, 4.69) is 69.9 Å². The summed E-state index contributed by atoms with van der Waals surface area (Å²) in [7, 11) is 0. The van der Waals surface area contributed by atoms with Crippen LogP contribution in [0.1, 0.15) is 30.0 Å². The van der Waals surface area contributed by atoms with Crippen molar-refractivity contribution in [1.29, 1.82) is 0 Å². The topological polar surface area (TPSA) is 43.2 Å². The summed E-state index contributed by atoms with van der Waals surface area (Å²) in [6, 6.07) is 29.3. The fourth-order valence-corrected chi connectivity index (χ4v) is 4.35. The van der Waals surface area contributed by atoms with E-state index < -0.39 is 0 Å². The summed E-state index contributed by atoms with van der Waals surface area (Å²) < 4.78 is 8.17. The highest BCUT2D eigenvalue weighted by atomic mass is 16.5. The van der Waals surface area contributed by atoms with Crippen molar-refractivity contribution in [1.82, 2.24) is 19.9 Å². The van der Waals surface area contributed by atoms with Crippen molar-refractivity contribution >= 4 is 0 Å². The van der Waals surface area contributed by atoms with Crippen molar-refractivity contribution < 1.29 is 4.74 Å². The highest BCUT2D eigenvalue weighted by Gasteiger charge is 2.23. The molecule has 2 heterocycles. The van der Waals surface area contributed by atoms with Crippen LogP contribution in [0.4, 0.5) is 0 Å². The Balaban J connectivity index is 1.28. The van der Waals surface area contributed by atoms with Gasteiger partial charge in [0.05, 0.1) is 12.2 Å². The Morgan fingerprint density at radius 2 is 1.56 bits per heavy atom. The molecule has 162 valence electrons. The monoisotopic (exact) mass is 424 g/mol. The van der Waals surface area contributed by atoms with Crippen LogP contribution in [0.15, 0.2) is 91.1 Å². The largest absolute Gasteiger partial charge is 0.488 e. The minimum absolute atomic E-state index is 0.339. The van der Waals surface area contributed by atoms with Crippen LogP contribution in [0.25, 0.3) is 11.3 Å². The molecule has 0 spiro atoms. The van der Waals surface area contributed by atoms with Gasteiger partial charge in [0.15, 0.2) is 0 Å². The Labute approximate surface area is 189 Å². The van der Waals surface area contributed by atoms with Crippen LogP contribution in [-0.2, 0) is 13.2 Å². The fourth-order valence-electron chi connectivity index (χ4n) is 4.35. The number of likely N-dealkylation sites (tertiary alicyclic amines) is 1. The fraction of sp³-hybridized carbons (Fsp3) is 0.259. The van der Waals surface area contributed by atoms with E-state index in [-0.39, 0.29) is 0 Å². The first-order valence-electron chi connectivity index (χ1n) is 11.3. The Bertz CT molecular complexity index is 1130. The maximum absolute atomic E-state index is 6.13. The molecule has 0 saturated carbocycles. The van der Waals surface area contributed by atoms with Crippen LogP contribution in [0, 0.1) is 0 Å². The van der Waals surface area contributed by atoms with Gasteiger partial charge in [-0.3, -0.25) is 4.90 Å². The molecule has 1 aliphatic rings. The SMILES string of the molecule is c1ccc(COc2ccccc2-c2cn(C3CCCN(Cc4ccccc4)C3)nn2)cc1. The van der Waals surface area contributed by atoms with E-state index in [0.717, 1.165) is 48.6 Å². The van der Waals surface area contributed by atoms with Gasteiger partial charge in [-0.2, -0.15) is 0 Å². The highest BCUT2D eigenvalue weighted by molar-refractivity contribution is 5.66. The second-order valence-corrected chi connectivity index (χ2v) is 8.37. The molecule has 1 unspecified atom stereocenters. The first-order valence-corrected chi connectivity index (χ1v) is 11.3. The van der Waals surface area contributed by atoms with Crippen LogP contribution < -0.4 is 4.74 Å². The van der Waals surface area contributed by atoms with Crippen LogP contribution in [0.3, 0.4) is 0 Å². The summed E-state index contributed by atoms with van der Waals surface area (Å²) in [6.45, 7) is 3.63. The molecule has 32 heavy (non-hydrogen) atoms. The molecule has 4 aromatic rings. The van der Waals surface area contributed by atoms with Gasteiger partial charge in [-0.1, -0.05) is 78.0 Å². The second-order valence-electron chi connectivity index (χ2n) is 8.37. The Morgan fingerprint density at radius 3 is 2.38 bits per heavy atom. The van der Waals surface area contributed by atoms with Gasteiger partial charge < -0.3 is 4.74 Å². The van der Waals surface area contributed by atoms with Crippen LogP contribution in [0.5, 0.6) is 5.75 Å². The summed E-state index contributed by atoms with van der Waals surface area (Å²) in [5.74, 6) is 0.831. The number of aromatic nitrogens is 3. The lowest BCUT2D eigenvalue weighted by Gasteiger charge is -2.32. The van der Waals surface area contributed by atoms with E-state index in [1.807, 2.05) is 41.1 Å². The van der Waals surface area contributed by atoms with Crippen LogP contribution in [-0.4, -0.2) is 33.0 Å². The van der Waals surface area contributed by atoms with Crippen molar-refractivity contribution in [2.75, 3.05) is 13.1 Å². The number of nitrogens with zero attached hydrogens (tertiary/aromatic N) is 4. The predicted molar refractivity (Wildman–Crippen MR) is 126 cm³/mol. The second kappa shape index (κ2) is 9.79. The highest BCUT2D eigenvalue weighted by Crippen LogP contribution is 2.30. The minimum Gasteiger partial charge on any atom is -0.488 e. The molecule has 0 radical (unpaired) electrons. The van der Waals surface area contributed by atoms with Crippen LogP contribution in [0.2, 0.25) is 0 Å². The molecule has 1 aliphatic heterocycles. The van der Waals surface area contributed by atoms with Crippen molar-refractivity contribution in [2.24, 2.45) is 0 Å². The molecule has 1 aromatic heterocycles. The molecular formula is C27H28N4O. The summed E-state index contributed by atoms with van der Waals surface area (Å²) in [5.41, 5.74) is 4.34. The van der Waals surface area contributed by atoms with Crippen molar-refractivity contribution in [3.63, 3.8) is 0 Å². The Hall–Kier alpha value is -3.44. The lowest BCUT2D eigenvalue weighted by molar-refractivity contribution is 0.162. The van der Waals surface area contributed by atoms with E-state index in [0.29, 0.717) is 12.6 Å². The number of hydrogen-bond acceptors (Lipinski definition) is 4. The summed E-state index contributed by atoms with van der Waals surface area (Å²) in [6.07, 6.45) is 4.37. The van der Waals surface area contributed by atoms with Gasteiger partial charge in [-0.15, -0.1) is 5.10 Å². The number of piperidine rings is 1. The zero-order chi connectivity index (χ0) is 21.6. The number of benzene rings is 3. The van der Waals surface area contributed by atoms with Gasteiger partial charge in [0.25, 0.3) is 0 Å². The molecule has 0 N–H and O–H groups in total. The molecular weight excluding hydrogens is 396 g/mol. The molecule has 1 atom stereocenters. The lowest BCUT2D eigenvalue weighted by Crippen LogP contribution is -2.36. The summed E-state index contributed by atoms with van der Waals surface area (Å²) in [5, 5.41) is 9.00. The molecule has 0 bridgehead atoms. The normalized spacial score (nSPS) is 16.7. The third kappa shape index (κ3) is 4.89. The average molecular weight is 425 g/mol. The first kappa shape index (κ1) is 20.5. The van der Waals surface area contributed by atoms with E-state index >= 15 is 0 Å². The minimum atomic E-state index is 0.339. The van der Waals surface area contributed by atoms with E-state index in [1.54, 1.807) is 0 Å². The van der Waals surface area contributed by atoms with E-state index in [4.69, 9.17) is 4.74 Å². The molecule has 0 aliphatic carbocycles. The number of hydrogen-bond donors (Lipinski definition) is 0. The van der Waals surface area contributed by atoms with E-state index in [9.17, 15) is 0 Å². The maximum atomic E-state index is 6.13. The standard InChI is InChI=1S/C27H28N4O/c1-3-10-22(11-4-1)18-30-17-9-14-24(19-30)31-20-26(28-29-31)25-15-7-8-16-27(25)32-21-23-12-5-2-6-13-23/h1-8,10-13,15-16,20,24H,9,14,17-19,21H2. The molecule has 1 fully saturated rings. The molecule has 0 amide bonds. The van der Waals surface area contributed by atoms with Gasteiger partial charge in [0, 0.05) is 18.7 Å². The lowest BCUT2D eigenvalue weighted by atomic mass is 10.0. The quantitative estimate of drug-likeness (QED) is 0.400. The molecule has 1 saturated heterocycles. The molecule has 5 heteroatoms. The smallest absolute Gasteiger partial charge is 0.129 e. The Kier molecular flexibility index (Phi) is 6.26. The predicted octanol–water partition coefficient (Wildman–Crippen LogP) is 5.36. The summed E-state index contributed by atoms with van der Waals surface area (Å²) in [4.78, 5) is 2.52. The number of para-hydroxylation sites is 1. The number of ether oxygens (including phenoxy) is 1. The van der Waals surface area contributed by atoms with E-state index in [1.165, 1.54) is 12.0 Å². The Morgan fingerprint density at radius 1 is 0.844 bits per heavy atom. The third-order valence-electron chi connectivity index (χ3n) is 6.01. The van der Waals surface area contributed by atoms with Gasteiger partial charge in [-0.05, 0) is 42.6 Å². The van der Waals surface area contributed by atoms with Crippen LogP contribution >= 0.6 is 0 Å². The van der Waals surface area contributed by atoms with Gasteiger partial charge in [0.2, 0.25) is 0 Å². The van der Waals surface area contributed by atoms with Crippen molar-refractivity contribution in [2.45, 2.75) is 32.0 Å². The summed E-state index contributed by atoms with van der Waals surface area (Å²) >= 11 is 0. The molecule has 3 aromatic carbocycles. The van der Waals surface area contributed by atoms with Gasteiger partial charge in [-0.25, -0.2) is 4.68 Å². The first-order chi connectivity index (χ1) is 15.8. The zero-order valence-corrected chi connectivity index (χ0v) is 18.2. The third-order valence-corrected chi connectivity index (χ3v) is 6.01. The van der Waals surface area contributed by atoms with Crippen molar-refractivity contribution in [3.8, 4) is 17.0 Å². The van der Waals surface area contributed by atoms with Crippen molar-refractivity contribution in [3.05, 3.63) is 102 Å². The number of rotatable bonds is 7. The average Bonchev–Trinajstić information content (AvgIpc) is 3.35. The van der Waals surface area contributed by atoms with Gasteiger partial charge >= 0.3 is 0 Å². The maximum Gasteiger partial charge on any atom is 0.129 e. The molecule has 5 rings (SSSR count). The van der Waals surface area contributed by atoms with Gasteiger partial charge in [0.1, 0.15) is 18.1 Å². The zero-order valence-electron chi connectivity index (χ0n) is 18.2.